The van der Waals surface area contributed by atoms with Gasteiger partial charge in [-0.2, -0.15) is 0 Å². The van der Waals surface area contributed by atoms with E-state index in [-0.39, 0.29) is 13.2 Å². The van der Waals surface area contributed by atoms with Crippen molar-refractivity contribution in [3.05, 3.63) is 54.1 Å². The van der Waals surface area contributed by atoms with Gasteiger partial charge in [-0.15, -0.1) is 0 Å². The lowest BCUT2D eigenvalue weighted by atomic mass is 10.2. The first kappa shape index (κ1) is 17.6. The summed E-state index contributed by atoms with van der Waals surface area (Å²) in [5.74, 6) is -1.38. The molecule has 0 bridgehead atoms. The Morgan fingerprint density at radius 1 is 1.30 bits per heavy atom. The molecule has 0 aliphatic heterocycles. The lowest BCUT2D eigenvalue weighted by molar-refractivity contribution is -0.139. The fraction of sp³-hybridized carbons (Fsp3) is 0.200. The van der Waals surface area contributed by atoms with Gasteiger partial charge in [0.25, 0.3) is 0 Å². The zero-order valence-electron chi connectivity index (χ0n) is 11.3. The van der Waals surface area contributed by atoms with Gasteiger partial charge >= 0.3 is 11.9 Å². The van der Waals surface area contributed by atoms with Gasteiger partial charge in [0.2, 0.25) is 0 Å². The van der Waals surface area contributed by atoms with Gasteiger partial charge in [0.15, 0.2) is 0 Å². The molecule has 0 saturated heterocycles. The predicted molar refractivity (Wildman–Crippen MR) is 76.0 cm³/mol. The van der Waals surface area contributed by atoms with Crippen LogP contribution in [0.25, 0.3) is 6.08 Å². The molecule has 0 fully saturated rings. The Kier molecular flexibility index (Phi) is 9.25. The number of benzene rings is 1. The molecule has 2 N–H and O–H groups in total. The standard InChI is InChI=1S/C9H8O2.C6H10O3/c10-9(11)7-6-8-4-2-1-3-5-8;1-5(2)6(8)9-4-3-7/h1-7H,(H,10,11);7H,1,3-4H2,2H3. The van der Waals surface area contributed by atoms with Crippen LogP contribution >= 0.6 is 0 Å². The van der Waals surface area contributed by atoms with Gasteiger partial charge in [0.05, 0.1) is 6.61 Å². The molecule has 5 heteroatoms. The van der Waals surface area contributed by atoms with Gasteiger partial charge in [-0.25, -0.2) is 9.59 Å². The van der Waals surface area contributed by atoms with Crippen molar-refractivity contribution < 1.29 is 24.5 Å². The topological polar surface area (TPSA) is 83.8 Å². The minimum atomic E-state index is -0.922. The van der Waals surface area contributed by atoms with E-state index in [1.54, 1.807) is 13.0 Å². The number of aliphatic hydroxyl groups is 1. The Bertz CT molecular complexity index is 462. The average Bonchev–Trinajstić information content (AvgIpc) is 2.44. The van der Waals surface area contributed by atoms with E-state index in [0.29, 0.717) is 5.57 Å². The molecule has 5 nitrogen and oxygen atoms in total. The van der Waals surface area contributed by atoms with Crippen molar-refractivity contribution in [1.29, 1.82) is 0 Å². The molecule has 1 rings (SSSR count). The minimum Gasteiger partial charge on any atom is -0.478 e. The van der Waals surface area contributed by atoms with Gasteiger partial charge < -0.3 is 14.9 Å². The maximum Gasteiger partial charge on any atom is 0.333 e. The molecule has 0 atom stereocenters. The van der Waals surface area contributed by atoms with Crippen molar-refractivity contribution in [2.24, 2.45) is 0 Å². The lowest BCUT2D eigenvalue weighted by Gasteiger charge is -1.99. The normalized spacial score (nSPS) is 9.50. The molecular formula is C15H18O5. The van der Waals surface area contributed by atoms with Gasteiger partial charge in [-0.1, -0.05) is 36.9 Å². The average molecular weight is 278 g/mol. The number of aliphatic hydroxyl groups excluding tert-OH is 1. The van der Waals surface area contributed by atoms with Gasteiger partial charge in [0.1, 0.15) is 6.61 Å². The zero-order valence-corrected chi connectivity index (χ0v) is 11.3. The molecule has 0 aliphatic rings. The predicted octanol–water partition coefficient (Wildman–Crippen LogP) is 1.88. The van der Waals surface area contributed by atoms with E-state index in [1.807, 2.05) is 30.3 Å². The summed E-state index contributed by atoms with van der Waals surface area (Å²) < 4.78 is 4.46. The molecule has 1 aromatic rings. The molecule has 0 heterocycles. The van der Waals surface area contributed by atoms with E-state index < -0.39 is 11.9 Å². The first-order valence-corrected chi connectivity index (χ1v) is 5.87. The SMILES string of the molecule is C=C(C)C(=O)OCCO.O=C(O)C=Cc1ccccc1. The summed E-state index contributed by atoms with van der Waals surface area (Å²) in [6.45, 7) is 4.81. The van der Waals surface area contributed by atoms with Crippen LogP contribution in [0.3, 0.4) is 0 Å². The van der Waals surface area contributed by atoms with E-state index in [9.17, 15) is 9.59 Å². The summed E-state index contributed by atoms with van der Waals surface area (Å²) in [6.07, 6.45) is 2.68. The number of hydrogen-bond donors (Lipinski definition) is 2. The number of rotatable bonds is 5. The molecule has 0 aliphatic carbocycles. The summed E-state index contributed by atoms with van der Waals surface area (Å²) >= 11 is 0. The Morgan fingerprint density at radius 2 is 1.90 bits per heavy atom. The zero-order chi connectivity index (χ0) is 15.4. The van der Waals surface area contributed by atoms with Crippen molar-refractivity contribution in [3.8, 4) is 0 Å². The molecule has 0 amide bonds. The monoisotopic (exact) mass is 278 g/mol. The highest BCUT2D eigenvalue weighted by Gasteiger charge is 1.99. The van der Waals surface area contributed by atoms with Crippen LogP contribution < -0.4 is 0 Å². The van der Waals surface area contributed by atoms with Crippen LogP contribution in [0.1, 0.15) is 12.5 Å². The highest BCUT2D eigenvalue weighted by Crippen LogP contribution is 1.99. The van der Waals surface area contributed by atoms with Crippen LogP contribution in [0, 0.1) is 0 Å². The second-order valence-corrected chi connectivity index (χ2v) is 3.72. The number of aliphatic carboxylic acids is 1. The first-order chi connectivity index (χ1) is 9.47. The van der Waals surface area contributed by atoms with Gasteiger partial charge in [0, 0.05) is 11.6 Å². The molecule has 0 saturated carbocycles. The highest BCUT2D eigenvalue weighted by molar-refractivity contribution is 5.86. The Balaban J connectivity index is 0.000000370. The Labute approximate surface area is 117 Å². The summed E-state index contributed by atoms with van der Waals surface area (Å²) in [5.41, 5.74) is 1.25. The van der Waals surface area contributed by atoms with Crippen molar-refractivity contribution in [1.82, 2.24) is 0 Å². The third kappa shape index (κ3) is 9.61. The summed E-state index contributed by atoms with van der Waals surface area (Å²) in [4.78, 5) is 20.6. The second-order valence-electron chi connectivity index (χ2n) is 3.72. The number of carbonyl (C=O) groups is 2. The van der Waals surface area contributed by atoms with E-state index >= 15 is 0 Å². The van der Waals surface area contributed by atoms with Gasteiger partial charge in [-0.05, 0) is 18.6 Å². The van der Waals surface area contributed by atoms with Crippen molar-refractivity contribution >= 4 is 18.0 Å². The van der Waals surface area contributed by atoms with E-state index in [4.69, 9.17) is 10.2 Å². The number of hydrogen-bond acceptors (Lipinski definition) is 4. The third-order valence-corrected chi connectivity index (χ3v) is 1.89. The Morgan fingerprint density at radius 3 is 2.35 bits per heavy atom. The van der Waals surface area contributed by atoms with E-state index in [2.05, 4.69) is 11.3 Å². The summed E-state index contributed by atoms with van der Waals surface area (Å²) in [6, 6.07) is 9.31. The molecular weight excluding hydrogens is 260 g/mol. The van der Waals surface area contributed by atoms with Crippen LogP contribution in [0.2, 0.25) is 0 Å². The number of ether oxygens (including phenoxy) is 1. The molecule has 1 aromatic carbocycles. The quantitative estimate of drug-likeness (QED) is 0.634. The van der Waals surface area contributed by atoms with Crippen LogP contribution in [-0.2, 0) is 14.3 Å². The van der Waals surface area contributed by atoms with Crippen LogP contribution in [-0.4, -0.2) is 35.4 Å². The van der Waals surface area contributed by atoms with E-state index in [1.165, 1.54) is 0 Å². The van der Waals surface area contributed by atoms with E-state index in [0.717, 1.165) is 11.6 Å². The first-order valence-electron chi connectivity index (χ1n) is 5.87. The highest BCUT2D eigenvalue weighted by atomic mass is 16.5. The number of esters is 1. The third-order valence-electron chi connectivity index (χ3n) is 1.89. The maximum absolute atomic E-state index is 10.5. The fourth-order valence-corrected chi connectivity index (χ4v) is 0.993. The Hall–Kier alpha value is -2.40. The molecule has 0 spiro atoms. The van der Waals surface area contributed by atoms with Crippen molar-refractivity contribution in [3.63, 3.8) is 0 Å². The minimum absolute atomic E-state index is 0.0473. The molecule has 20 heavy (non-hydrogen) atoms. The molecule has 0 radical (unpaired) electrons. The summed E-state index contributed by atoms with van der Waals surface area (Å²) in [7, 11) is 0. The van der Waals surface area contributed by atoms with Crippen LogP contribution in [0.15, 0.2) is 48.6 Å². The number of carboxylic acids is 1. The number of carbonyl (C=O) groups excluding carboxylic acids is 1. The van der Waals surface area contributed by atoms with Crippen LogP contribution in [0.4, 0.5) is 0 Å². The second kappa shape index (κ2) is 10.5. The lowest BCUT2D eigenvalue weighted by Crippen LogP contribution is -2.08. The largest absolute Gasteiger partial charge is 0.478 e. The molecule has 108 valence electrons. The molecule has 0 aromatic heterocycles. The smallest absolute Gasteiger partial charge is 0.333 e. The van der Waals surface area contributed by atoms with Crippen molar-refractivity contribution in [2.75, 3.05) is 13.2 Å². The number of carboxylic acid groups (broad SMARTS) is 1. The van der Waals surface area contributed by atoms with Crippen LogP contribution in [0.5, 0.6) is 0 Å². The molecule has 0 unspecified atom stereocenters. The fourth-order valence-electron chi connectivity index (χ4n) is 0.993. The maximum atomic E-state index is 10.5. The van der Waals surface area contributed by atoms with Gasteiger partial charge in [-0.3, -0.25) is 0 Å². The van der Waals surface area contributed by atoms with Crippen molar-refractivity contribution in [2.45, 2.75) is 6.92 Å². The summed E-state index contributed by atoms with van der Waals surface area (Å²) in [5, 5.41) is 16.5.